The van der Waals surface area contributed by atoms with Crippen LogP contribution >= 0.6 is 0 Å². The molecule has 0 aliphatic carbocycles. The average Bonchev–Trinajstić information content (AvgIpc) is 2.18. The van der Waals surface area contributed by atoms with Crippen LogP contribution in [0.1, 0.15) is 26.7 Å². The number of piperidine rings is 1. The van der Waals surface area contributed by atoms with E-state index < -0.39 is 11.4 Å². The quantitative estimate of drug-likeness (QED) is 0.583. The number of carbonyl (C=O) groups is 2. The monoisotopic (exact) mass is 213 g/mol. The van der Waals surface area contributed by atoms with E-state index in [1.54, 1.807) is 13.8 Å². The number of rotatable bonds is 3. The molecule has 1 aliphatic rings. The molecule has 1 saturated heterocycles. The number of primary amides is 1. The minimum Gasteiger partial charge on any atom is -0.368 e. The van der Waals surface area contributed by atoms with Crippen molar-refractivity contribution in [2.24, 2.45) is 11.7 Å². The normalized spacial score (nSPS) is 22.1. The molecule has 2 amide bonds. The maximum absolute atomic E-state index is 11.8. The number of hydrogen-bond acceptors (Lipinski definition) is 3. The molecule has 0 aromatic heterocycles. The molecular weight excluding hydrogens is 194 g/mol. The highest BCUT2D eigenvalue weighted by Crippen LogP contribution is 2.12. The summed E-state index contributed by atoms with van der Waals surface area (Å²) in [6.45, 7) is 4.87. The summed E-state index contributed by atoms with van der Waals surface area (Å²) in [5, 5.41) is 5.83. The van der Waals surface area contributed by atoms with E-state index in [-0.39, 0.29) is 11.8 Å². The van der Waals surface area contributed by atoms with E-state index >= 15 is 0 Å². The number of nitrogens with one attached hydrogen (secondary N) is 2. The Morgan fingerprint density at radius 1 is 1.47 bits per heavy atom. The Balaban J connectivity index is 2.50. The molecule has 86 valence electrons. The van der Waals surface area contributed by atoms with E-state index in [1.807, 2.05) is 0 Å². The summed E-state index contributed by atoms with van der Waals surface area (Å²) in [7, 11) is 0. The largest absolute Gasteiger partial charge is 0.368 e. The van der Waals surface area contributed by atoms with E-state index in [9.17, 15) is 9.59 Å². The molecule has 0 aromatic carbocycles. The molecule has 1 fully saturated rings. The van der Waals surface area contributed by atoms with Gasteiger partial charge < -0.3 is 16.4 Å². The third-order valence-corrected chi connectivity index (χ3v) is 2.72. The van der Waals surface area contributed by atoms with Crippen LogP contribution in [0.25, 0.3) is 0 Å². The van der Waals surface area contributed by atoms with Crippen molar-refractivity contribution in [1.29, 1.82) is 0 Å². The first kappa shape index (κ1) is 12.0. The number of carbonyl (C=O) groups excluding carboxylic acids is 2. The first-order valence-electron chi connectivity index (χ1n) is 5.26. The summed E-state index contributed by atoms with van der Waals surface area (Å²) >= 11 is 0. The van der Waals surface area contributed by atoms with Crippen LogP contribution in [0.15, 0.2) is 0 Å². The molecule has 1 atom stereocenters. The minimum atomic E-state index is -0.964. The molecule has 5 nitrogen and oxygen atoms in total. The van der Waals surface area contributed by atoms with Crippen LogP contribution < -0.4 is 16.4 Å². The topological polar surface area (TPSA) is 84.2 Å². The van der Waals surface area contributed by atoms with Gasteiger partial charge in [-0.15, -0.1) is 0 Å². The average molecular weight is 213 g/mol. The molecule has 0 spiro atoms. The summed E-state index contributed by atoms with van der Waals surface area (Å²) in [5.74, 6) is -0.650. The Labute approximate surface area is 89.8 Å². The molecule has 1 heterocycles. The first-order valence-corrected chi connectivity index (χ1v) is 5.26. The predicted octanol–water partition coefficient (Wildman–Crippen LogP) is -0.634. The third-order valence-electron chi connectivity index (χ3n) is 2.72. The maximum Gasteiger partial charge on any atom is 0.242 e. The van der Waals surface area contributed by atoms with Gasteiger partial charge in [-0.2, -0.15) is 0 Å². The van der Waals surface area contributed by atoms with Crippen molar-refractivity contribution in [3.8, 4) is 0 Å². The molecule has 1 aliphatic heterocycles. The highest BCUT2D eigenvalue weighted by atomic mass is 16.2. The van der Waals surface area contributed by atoms with Crippen molar-refractivity contribution in [2.45, 2.75) is 32.2 Å². The smallest absolute Gasteiger partial charge is 0.242 e. The molecule has 0 radical (unpaired) electrons. The summed E-state index contributed by atoms with van der Waals surface area (Å²) in [4.78, 5) is 22.8. The Morgan fingerprint density at radius 3 is 2.60 bits per heavy atom. The fraction of sp³-hybridized carbons (Fsp3) is 0.800. The highest BCUT2D eigenvalue weighted by molar-refractivity contribution is 5.90. The van der Waals surface area contributed by atoms with Crippen molar-refractivity contribution >= 4 is 11.8 Å². The lowest BCUT2D eigenvalue weighted by Crippen LogP contribution is -2.55. The summed E-state index contributed by atoms with van der Waals surface area (Å²) < 4.78 is 0. The van der Waals surface area contributed by atoms with Crippen LogP contribution in [-0.4, -0.2) is 30.4 Å². The lowest BCUT2D eigenvalue weighted by molar-refractivity contribution is -0.133. The molecule has 0 unspecified atom stereocenters. The summed E-state index contributed by atoms with van der Waals surface area (Å²) in [5.41, 5.74) is 4.22. The zero-order valence-corrected chi connectivity index (χ0v) is 9.30. The molecule has 0 aromatic rings. The SMILES string of the molecule is CC(C)(NC(=O)[C@H]1CCCNC1)C(N)=O. The molecule has 0 saturated carbocycles. The van der Waals surface area contributed by atoms with Gasteiger partial charge in [0.05, 0.1) is 5.92 Å². The molecule has 15 heavy (non-hydrogen) atoms. The lowest BCUT2D eigenvalue weighted by atomic mass is 9.96. The van der Waals surface area contributed by atoms with Gasteiger partial charge in [0, 0.05) is 6.54 Å². The zero-order valence-electron chi connectivity index (χ0n) is 9.30. The standard InChI is InChI=1S/C10H19N3O2/c1-10(2,9(11)15)13-8(14)7-4-3-5-12-6-7/h7,12H,3-6H2,1-2H3,(H2,11,15)(H,13,14)/t7-/m0/s1. The van der Waals surface area contributed by atoms with Crippen molar-refractivity contribution in [1.82, 2.24) is 10.6 Å². The second-order valence-corrected chi connectivity index (χ2v) is 4.52. The molecule has 4 N–H and O–H groups in total. The van der Waals surface area contributed by atoms with Crippen molar-refractivity contribution < 1.29 is 9.59 Å². The Morgan fingerprint density at radius 2 is 2.13 bits per heavy atom. The number of hydrogen-bond donors (Lipinski definition) is 3. The van der Waals surface area contributed by atoms with Crippen LogP contribution in [-0.2, 0) is 9.59 Å². The van der Waals surface area contributed by atoms with E-state index in [1.165, 1.54) is 0 Å². The Kier molecular flexibility index (Phi) is 3.68. The van der Waals surface area contributed by atoms with Gasteiger partial charge in [0.1, 0.15) is 5.54 Å². The van der Waals surface area contributed by atoms with Gasteiger partial charge in [0.15, 0.2) is 0 Å². The number of amides is 2. The van der Waals surface area contributed by atoms with Crippen LogP contribution in [0.4, 0.5) is 0 Å². The van der Waals surface area contributed by atoms with Crippen LogP contribution in [0.5, 0.6) is 0 Å². The zero-order chi connectivity index (χ0) is 11.5. The van der Waals surface area contributed by atoms with Gasteiger partial charge >= 0.3 is 0 Å². The van der Waals surface area contributed by atoms with Crippen molar-refractivity contribution in [2.75, 3.05) is 13.1 Å². The maximum atomic E-state index is 11.8. The van der Waals surface area contributed by atoms with Gasteiger partial charge in [-0.3, -0.25) is 9.59 Å². The Hall–Kier alpha value is -1.10. The van der Waals surface area contributed by atoms with Gasteiger partial charge in [-0.25, -0.2) is 0 Å². The van der Waals surface area contributed by atoms with E-state index in [2.05, 4.69) is 10.6 Å². The Bertz CT molecular complexity index is 257. The molecule has 1 rings (SSSR count). The predicted molar refractivity (Wildman–Crippen MR) is 57.0 cm³/mol. The van der Waals surface area contributed by atoms with Crippen LogP contribution in [0.3, 0.4) is 0 Å². The van der Waals surface area contributed by atoms with E-state index in [4.69, 9.17) is 5.73 Å². The number of nitrogens with two attached hydrogens (primary N) is 1. The van der Waals surface area contributed by atoms with Crippen LogP contribution in [0.2, 0.25) is 0 Å². The first-order chi connectivity index (χ1) is 6.93. The van der Waals surface area contributed by atoms with Gasteiger partial charge in [-0.05, 0) is 33.2 Å². The second-order valence-electron chi connectivity index (χ2n) is 4.52. The molecule has 5 heteroatoms. The summed E-state index contributed by atoms with van der Waals surface area (Å²) in [6, 6.07) is 0. The van der Waals surface area contributed by atoms with Crippen molar-refractivity contribution in [3.63, 3.8) is 0 Å². The fourth-order valence-corrected chi connectivity index (χ4v) is 1.55. The summed E-state index contributed by atoms with van der Waals surface area (Å²) in [6.07, 6.45) is 1.86. The van der Waals surface area contributed by atoms with Crippen molar-refractivity contribution in [3.05, 3.63) is 0 Å². The minimum absolute atomic E-state index is 0.0441. The van der Waals surface area contributed by atoms with Crippen LogP contribution in [0, 0.1) is 5.92 Å². The van der Waals surface area contributed by atoms with Gasteiger partial charge in [0.2, 0.25) is 11.8 Å². The van der Waals surface area contributed by atoms with E-state index in [0.29, 0.717) is 6.54 Å². The van der Waals surface area contributed by atoms with Gasteiger partial charge in [0.25, 0.3) is 0 Å². The molecular formula is C10H19N3O2. The second kappa shape index (κ2) is 4.61. The third kappa shape index (κ3) is 3.20. The van der Waals surface area contributed by atoms with Gasteiger partial charge in [-0.1, -0.05) is 0 Å². The highest BCUT2D eigenvalue weighted by Gasteiger charge is 2.30. The fourth-order valence-electron chi connectivity index (χ4n) is 1.55. The lowest BCUT2D eigenvalue weighted by Gasteiger charge is -2.27. The van der Waals surface area contributed by atoms with E-state index in [0.717, 1.165) is 19.4 Å². The molecule has 0 bridgehead atoms.